The second kappa shape index (κ2) is 9.21. The van der Waals surface area contributed by atoms with Crippen LogP contribution in [0.3, 0.4) is 0 Å². The second-order valence-corrected chi connectivity index (χ2v) is 7.18. The number of carbonyl (C=O) groups excluding carboxylic acids is 2. The van der Waals surface area contributed by atoms with Gasteiger partial charge in [-0.3, -0.25) is 9.59 Å². The van der Waals surface area contributed by atoms with Gasteiger partial charge in [-0.1, -0.05) is 29.8 Å². The predicted octanol–water partition coefficient (Wildman–Crippen LogP) is 3.94. The fraction of sp³-hybridized carbons (Fsp3) is 0.273. The van der Waals surface area contributed by atoms with Crippen molar-refractivity contribution in [1.29, 1.82) is 0 Å². The van der Waals surface area contributed by atoms with Crippen LogP contribution in [0.4, 0.5) is 13.2 Å². The molecule has 0 radical (unpaired) electrons. The molecule has 0 aliphatic carbocycles. The minimum atomic E-state index is -4.50. The third kappa shape index (κ3) is 5.13. The predicted molar refractivity (Wildman–Crippen MR) is 109 cm³/mol. The number of halogens is 3. The van der Waals surface area contributed by atoms with E-state index in [1.807, 2.05) is 31.2 Å². The molecule has 0 aliphatic rings. The van der Waals surface area contributed by atoms with Crippen LogP contribution >= 0.6 is 0 Å². The van der Waals surface area contributed by atoms with Crippen LogP contribution in [0.15, 0.2) is 48.8 Å². The van der Waals surface area contributed by atoms with Gasteiger partial charge in [-0.15, -0.1) is 0 Å². The quantitative estimate of drug-likeness (QED) is 0.580. The Morgan fingerprint density at radius 3 is 2.34 bits per heavy atom. The van der Waals surface area contributed by atoms with Gasteiger partial charge in [0.15, 0.2) is 5.82 Å². The molecule has 0 saturated heterocycles. The average molecular weight is 446 g/mol. The largest absolute Gasteiger partial charge is 0.469 e. The lowest BCUT2D eigenvalue weighted by Gasteiger charge is -2.18. The zero-order valence-corrected chi connectivity index (χ0v) is 17.6. The van der Waals surface area contributed by atoms with E-state index in [4.69, 9.17) is 4.74 Å². The van der Waals surface area contributed by atoms with Crippen molar-refractivity contribution in [3.8, 4) is 5.82 Å². The fourth-order valence-electron chi connectivity index (χ4n) is 3.08. The molecule has 2 heterocycles. The van der Waals surface area contributed by atoms with Gasteiger partial charge in [0, 0.05) is 6.20 Å². The lowest BCUT2D eigenvalue weighted by molar-refractivity contribution is -0.141. The molecule has 0 bridgehead atoms. The molecule has 0 fully saturated rings. The van der Waals surface area contributed by atoms with Crippen LogP contribution in [-0.2, 0) is 15.7 Å². The van der Waals surface area contributed by atoms with Crippen LogP contribution < -0.4 is 5.32 Å². The molecule has 3 rings (SSSR count). The number of pyridine rings is 1. The van der Waals surface area contributed by atoms with E-state index in [-0.39, 0.29) is 17.8 Å². The molecule has 1 N–H and O–H groups in total. The summed E-state index contributed by atoms with van der Waals surface area (Å²) in [7, 11) is 1.27. The third-order valence-electron chi connectivity index (χ3n) is 4.93. The molecule has 10 heteroatoms. The fourth-order valence-corrected chi connectivity index (χ4v) is 3.08. The number of amides is 1. The third-order valence-corrected chi connectivity index (χ3v) is 4.93. The van der Waals surface area contributed by atoms with Crippen molar-refractivity contribution < 1.29 is 27.5 Å². The van der Waals surface area contributed by atoms with E-state index in [2.05, 4.69) is 15.4 Å². The first kappa shape index (κ1) is 23.0. The summed E-state index contributed by atoms with van der Waals surface area (Å²) in [5, 5.41) is 6.89. The lowest BCUT2D eigenvalue weighted by Crippen LogP contribution is -2.30. The van der Waals surface area contributed by atoms with E-state index in [1.165, 1.54) is 24.1 Å². The molecule has 168 valence electrons. The standard InChI is InChI=1S/C22H21F3N4O3/c1-13-4-6-15(7-5-13)18(10-20(30)32-3)28-21(31)17-12-27-29(14(17)2)19-9-8-16(11-26-19)22(23,24)25/h4-9,11-12,18H,10H2,1-3H3,(H,28,31). The first-order valence-corrected chi connectivity index (χ1v) is 9.62. The Labute approximate surface area is 182 Å². The summed E-state index contributed by atoms with van der Waals surface area (Å²) in [6.45, 7) is 3.52. The molecule has 1 amide bonds. The van der Waals surface area contributed by atoms with Crippen molar-refractivity contribution in [2.24, 2.45) is 0 Å². The Morgan fingerprint density at radius 2 is 1.78 bits per heavy atom. The van der Waals surface area contributed by atoms with Crippen LogP contribution in [0.5, 0.6) is 0 Å². The molecule has 3 aromatic rings. The first-order valence-electron chi connectivity index (χ1n) is 9.62. The summed E-state index contributed by atoms with van der Waals surface area (Å²) in [6.07, 6.45) is -2.56. The normalized spacial score (nSPS) is 12.3. The van der Waals surface area contributed by atoms with Gasteiger partial charge in [-0.2, -0.15) is 18.3 Å². The summed E-state index contributed by atoms with van der Waals surface area (Å²) in [6, 6.07) is 8.79. The highest BCUT2D eigenvalue weighted by Gasteiger charge is 2.31. The smallest absolute Gasteiger partial charge is 0.417 e. The minimum Gasteiger partial charge on any atom is -0.469 e. The minimum absolute atomic E-state index is 0.0705. The number of nitrogens with one attached hydrogen (secondary N) is 1. The van der Waals surface area contributed by atoms with Gasteiger partial charge in [0.2, 0.25) is 0 Å². The van der Waals surface area contributed by atoms with E-state index >= 15 is 0 Å². The maximum absolute atomic E-state index is 12.9. The zero-order valence-electron chi connectivity index (χ0n) is 17.6. The second-order valence-electron chi connectivity index (χ2n) is 7.18. The Morgan fingerprint density at radius 1 is 1.09 bits per heavy atom. The SMILES string of the molecule is COC(=O)CC(NC(=O)c1cnn(-c2ccc(C(F)(F)F)cn2)c1C)c1ccc(C)cc1. The van der Waals surface area contributed by atoms with Crippen molar-refractivity contribution in [3.63, 3.8) is 0 Å². The Bertz CT molecular complexity index is 1110. The van der Waals surface area contributed by atoms with Crippen molar-refractivity contribution in [2.75, 3.05) is 7.11 Å². The van der Waals surface area contributed by atoms with Gasteiger partial charge < -0.3 is 10.1 Å². The number of hydrogen-bond donors (Lipinski definition) is 1. The summed E-state index contributed by atoms with van der Waals surface area (Å²) in [4.78, 5) is 28.6. The molecular weight excluding hydrogens is 425 g/mol. The monoisotopic (exact) mass is 446 g/mol. The molecule has 0 saturated carbocycles. The molecule has 1 aromatic carbocycles. The number of hydrogen-bond acceptors (Lipinski definition) is 5. The molecule has 1 atom stereocenters. The van der Waals surface area contributed by atoms with E-state index in [0.717, 1.165) is 17.2 Å². The summed E-state index contributed by atoms with van der Waals surface area (Å²) >= 11 is 0. The maximum Gasteiger partial charge on any atom is 0.417 e. The number of esters is 1. The molecular formula is C22H21F3N4O3. The number of nitrogens with zero attached hydrogens (tertiary/aromatic N) is 3. The van der Waals surface area contributed by atoms with Crippen molar-refractivity contribution in [1.82, 2.24) is 20.1 Å². The zero-order chi connectivity index (χ0) is 23.5. The van der Waals surface area contributed by atoms with Crippen LogP contribution in [0, 0.1) is 13.8 Å². The molecule has 7 nitrogen and oxygen atoms in total. The Kier molecular flexibility index (Phi) is 6.61. The summed E-state index contributed by atoms with van der Waals surface area (Å²) in [5.74, 6) is -0.841. The van der Waals surface area contributed by atoms with Crippen molar-refractivity contribution >= 4 is 11.9 Å². The highest BCUT2D eigenvalue weighted by molar-refractivity contribution is 5.95. The molecule has 0 spiro atoms. The number of benzene rings is 1. The van der Waals surface area contributed by atoms with Gasteiger partial charge in [-0.05, 0) is 31.5 Å². The van der Waals surface area contributed by atoms with Crippen molar-refractivity contribution in [2.45, 2.75) is 32.5 Å². The number of rotatable bonds is 6. The number of ether oxygens (including phenoxy) is 1. The van der Waals surface area contributed by atoms with Crippen molar-refractivity contribution in [3.05, 3.63) is 76.7 Å². The number of aromatic nitrogens is 3. The topological polar surface area (TPSA) is 86.1 Å². The van der Waals surface area contributed by atoms with Gasteiger partial charge in [0.05, 0.1) is 42.6 Å². The van der Waals surface area contributed by atoms with E-state index in [1.54, 1.807) is 6.92 Å². The number of methoxy groups -OCH3 is 1. The van der Waals surface area contributed by atoms with E-state index < -0.39 is 29.7 Å². The van der Waals surface area contributed by atoms with E-state index in [9.17, 15) is 22.8 Å². The molecule has 0 aliphatic heterocycles. The van der Waals surface area contributed by atoms with E-state index in [0.29, 0.717) is 11.9 Å². The Balaban J connectivity index is 1.84. The van der Waals surface area contributed by atoms with Crippen LogP contribution in [-0.4, -0.2) is 33.8 Å². The molecule has 2 aromatic heterocycles. The molecule has 32 heavy (non-hydrogen) atoms. The maximum atomic E-state index is 12.9. The number of carbonyl (C=O) groups is 2. The van der Waals surface area contributed by atoms with Gasteiger partial charge in [0.1, 0.15) is 0 Å². The van der Waals surface area contributed by atoms with Gasteiger partial charge >= 0.3 is 12.1 Å². The van der Waals surface area contributed by atoms with Crippen LogP contribution in [0.25, 0.3) is 5.82 Å². The van der Waals surface area contributed by atoms with Gasteiger partial charge in [0.25, 0.3) is 5.91 Å². The first-order chi connectivity index (χ1) is 15.1. The van der Waals surface area contributed by atoms with Crippen LogP contribution in [0.2, 0.25) is 0 Å². The highest BCUT2D eigenvalue weighted by atomic mass is 19.4. The molecule has 1 unspecified atom stereocenters. The lowest BCUT2D eigenvalue weighted by atomic mass is 10.0. The van der Waals surface area contributed by atoms with Crippen LogP contribution in [0.1, 0.15) is 45.2 Å². The summed E-state index contributed by atoms with van der Waals surface area (Å²) in [5.41, 5.74) is 1.46. The number of alkyl halides is 3. The Hall–Kier alpha value is -3.69. The summed E-state index contributed by atoms with van der Waals surface area (Å²) < 4.78 is 44.3. The average Bonchev–Trinajstić information content (AvgIpc) is 3.14. The number of aryl methyl sites for hydroxylation is 1. The highest BCUT2D eigenvalue weighted by Crippen LogP contribution is 2.29. The van der Waals surface area contributed by atoms with Gasteiger partial charge in [-0.25, -0.2) is 9.67 Å².